The molecule has 4 atom stereocenters. The van der Waals surface area contributed by atoms with Gasteiger partial charge in [0.1, 0.15) is 11.9 Å². The van der Waals surface area contributed by atoms with Gasteiger partial charge in [-0.2, -0.15) is 5.10 Å². The van der Waals surface area contributed by atoms with Crippen molar-refractivity contribution in [3.05, 3.63) is 48.5 Å². The van der Waals surface area contributed by atoms with E-state index in [1.807, 2.05) is 25.9 Å². The summed E-state index contributed by atoms with van der Waals surface area (Å²) >= 11 is 0. The van der Waals surface area contributed by atoms with Gasteiger partial charge in [-0.25, -0.2) is 13.5 Å². The van der Waals surface area contributed by atoms with Gasteiger partial charge in [0.15, 0.2) is 11.6 Å². The molecule has 3 aromatic rings. The van der Waals surface area contributed by atoms with Crippen molar-refractivity contribution in [3.63, 3.8) is 0 Å². The van der Waals surface area contributed by atoms with Gasteiger partial charge >= 0.3 is 0 Å². The minimum atomic E-state index is -1.01. The summed E-state index contributed by atoms with van der Waals surface area (Å²) < 4.78 is 30.2. The number of aromatic nitrogens is 4. The highest BCUT2D eigenvalue weighted by Gasteiger charge is 2.60. The molecule has 2 aliphatic rings. The normalized spacial score (nSPS) is 29.4. The average molecular weight is 455 g/mol. The average Bonchev–Trinajstić information content (AvgIpc) is 3.31. The van der Waals surface area contributed by atoms with E-state index in [4.69, 9.17) is 0 Å². The number of phenols is 1. The molecule has 2 saturated heterocycles. The SMILES string of the molecule is CN(c1ccc(-c2ccc(-n3cc(F)cn3)cc2O)nn1)[C@H]1C[C@]2(C)CC[C@](C)([C@H]1F)N2C. The van der Waals surface area contributed by atoms with Gasteiger partial charge in [-0.05, 0) is 64.4 Å². The van der Waals surface area contributed by atoms with E-state index in [1.165, 1.54) is 16.9 Å². The Morgan fingerprint density at radius 1 is 1.15 bits per heavy atom. The summed E-state index contributed by atoms with van der Waals surface area (Å²) in [5.41, 5.74) is 0.993. The lowest BCUT2D eigenvalue weighted by atomic mass is 9.80. The summed E-state index contributed by atoms with van der Waals surface area (Å²) in [7, 11) is 3.90. The van der Waals surface area contributed by atoms with Crippen LogP contribution in [0.2, 0.25) is 0 Å². The van der Waals surface area contributed by atoms with E-state index in [1.54, 1.807) is 24.3 Å². The first-order chi connectivity index (χ1) is 15.6. The topological polar surface area (TPSA) is 70.3 Å². The van der Waals surface area contributed by atoms with Crippen molar-refractivity contribution in [2.45, 2.75) is 56.4 Å². The van der Waals surface area contributed by atoms with Crippen LogP contribution < -0.4 is 4.90 Å². The van der Waals surface area contributed by atoms with Crippen molar-refractivity contribution in [1.82, 2.24) is 24.9 Å². The maximum absolute atomic E-state index is 15.7. The van der Waals surface area contributed by atoms with Crippen LogP contribution in [0.4, 0.5) is 14.6 Å². The number of benzene rings is 1. The molecule has 5 rings (SSSR count). The first-order valence-corrected chi connectivity index (χ1v) is 11.1. The Hall–Kier alpha value is -3.07. The molecule has 2 fully saturated rings. The van der Waals surface area contributed by atoms with Gasteiger partial charge in [0, 0.05) is 24.2 Å². The number of phenolic OH excluding ortho intramolecular Hbond substituents is 1. The molecule has 0 aliphatic carbocycles. The van der Waals surface area contributed by atoms with Crippen molar-refractivity contribution in [1.29, 1.82) is 0 Å². The number of alkyl halides is 1. The zero-order valence-corrected chi connectivity index (χ0v) is 19.2. The van der Waals surface area contributed by atoms with Crippen LogP contribution in [0.15, 0.2) is 42.7 Å². The van der Waals surface area contributed by atoms with Gasteiger partial charge < -0.3 is 10.0 Å². The molecule has 1 N–H and O–H groups in total. The van der Waals surface area contributed by atoms with Crippen LogP contribution in [0.3, 0.4) is 0 Å². The zero-order chi connectivity index (χ0) is 23.5. The van der Waals surface area contributed by atoms with Crippen LogP contribution in [-0.2, 0) is 0 Å². The van der Waals surface area contributed by atoms with Crippen LogP contribution >= 0.6 is 0 Å². The monoisotopic (exact) mass is 454 g/mol. The Morgan fingerprint density at radius 2 is 1.94 bits per heavy atom. The summed E-state index contributed by atoms with van der Waals surface area (Å²) in [4.78, 5) is 4.11. The molecule has 7 nitrogen and oxygen atoms in total. The Bertz CT molecular complexity index is 1180. The lowest BCUT2D eigenvalue weighted by Crippen LogP contribution is -2.66. The van der Waals surface area contributed by atoms with Crippen molar-refractivity contribution in [3.8, 4) is 22.7 Å². The van der Waals surface area contributed by atoms with E-state index < -0.39 is 17.5 Å². The molecule has 0 spiro atoms. The van der Waals surface area contributed by atoms with Crippen LogP contribution in [0.1, 0.15) is 33.1 Å². The van der Waals surface area contributed by atoms with Gasteiger partial charge in [-0.15, -0.1) is 10.2 Å². The summed E-state index contributed by atoms with van der Waals surface area (Å²) in [5, 5.41) is 23.0. The summed E-state index contributed by atoms with van der Waals surface area (Å²) in [6.07, 6.45) is 3.87. The van der Waals surface area contributed by atoms with Crippen LogP contribution in [0.5, 0.6) is 5.75 Å². The Labute approximate surface area is 191 Å². The molecule has 1 aromatic carbocycles. The molecule has 9 heteroatoms. The van der Waals surface area contributed by atoms with E-state index in [9.17, 15) is 9.50 Å². The van der Waals surface area contributed by atoms with Crippen LogP contribution in [0.25, 0.3) is 16.9 Å². The van der Waals surface area contributed by atoms with Gasteiger partial charge in [-0.1, -0.05) is 0 Å². The van der Waals surface area contributed by atoms with Crippen molar-refractivity contribution in [2.75, 3.05) is 19.0 Å². The summed E-state index contributed by atoms with van der Waals surface area (Å²) in [6, 6.07) is 8.17. The molecule has 4 heterocycles. The molecule has 2 aliphatic heterocycles. The second-order valence-corrected chi connectivity index (χ2v) is 9.78. The Balaban J connectivity index is 1.38. The number of halogens is 2. The summed E-state index contributed by atoms with van der Waals surface area (Å²) in [5.74, 6) is 0.112. The number of hydrogen-bond donors (Lipinski definition) is 1. The van der Waals surface area contributed by atoms with Crippen molar-refractivity contribution < 1.29 is 13.9 Å². The predicted octanol–water partition coefficient (Wildman–Crippen LogP) is 3.96. The molecule has 33 heavy (non-hydrogen) atoms. The van der Waals surface area contributed by atoms with E-state index in [-0.39, 0.29) is 17.3 Å². The highest BCUT2D eigenvalue weighted by Crippen LogP contribution is 2.51. The van der Waals surface area contributed by atoms with Crippen LogP contribution in [0, 0.1) is 5.82 Å². The molecule has 0 saturated carbocycles. The number of aromatic hydroxyl groups is 1. The molecule has 174 valence electrons. The minimum absolute atomic E-state index is 0.0182. The van der Waals surface area contributed by atoms with E-state index in [2.05, 4.69) is 27.1 Å². The number of rotatable bonds is 4. The van der Waals surface area contributed by atoms with E-state index in [0.717, 1.165) is 25.5 Å². The lowest BCUT2D eigenvalue weighted by molar-refractivity contribution is -0.0359. The molecular formula is C24H28F2N6O. The maximum Gasteiger partial charge on any atom is 0.161 e. The third kappa shape index (κ3) is 3.37. The van der Waals surface area contributed by atoms with Gasteiger partial charge in [0.05, 0.1) is 35.4 Å². The fourth-order valence-electron chi connectivity index (χ4n) is 5.49. The van der Waals surface area contributed by atoms with Crippen molar-refractivity contribution >= 4 is 5.82 Å². The Kier molecular flexibility index (Phi) is 4.93. The quantitative estimate of drug-likeness (QED) is 0.644. The number of fused-ring (bicyclic) bond motifs is 2. The second kappa shape index (κ2) is 7.48. The standard InChI is InChI=1S/C24H28F2N6O/c1-23-9-10-24(2,31(23)4)22(26)19(12-23)30(3)21-8-7-18(28-29-21)17-6-5-16(11-20(17)33)32-14-15(25)13-27-32/h5-8,11,13-14,19,22,33H,9-10,12H2,1-4H3/t19-,22-,23-,24+/m0/s1. The fourth-order valence-corrected chi connectivity index (χ4v) is 5.49. The molecular weight excluding hydrogens is 426 g/mol. The largest absolute Gasteiger partial charge is 0.507 e. The number of piperidine rings is 1. The second-order valence-electron chi connectivity index (χ2n) is 9.78. The Morgan fingerprint density at radius 3 is 2.58 bits per heavy atom. The molecule has 2 bridgehead atoms. The number of hydrogen-bond acceptors (Lipinski definition) is 6. The molecule has 0 radical (unpaired) electrons. The molecule has 0 amide bonds. The maximum atomic E-state index is 15.7. The van der Waals surface area contributed by atoms with E-state index >= 15 is 4.39 Å². The number of anilines is 1. The number of nitrogens with zero attached hydrogens (tertiary/aromatic N) is 6. The third-order valence-electron chi connectivity index (χ3n) is 7.91. The molecule has 2 aromatic heterocycles. The minimum Gasteiger partial charge on any atom is -0.507 e. The lowest BCUT2D eigenvalue weighted by Gasteiger charge is -2.53. The van der Waals surface area contributed by atoms with Gasteiger partial charge in [-0.3, -0.25) is 4.90 Å². The highest BCUT2D eigenvalue weighted by atomic mass is 19.1. The predicted molar refractivity (Wildman–Crippen MR) is 122 cm³/mol. The van der Waals surface area contributed by atoms with Gasteiger partial charge in [0.25, 0.3) is 0 Å². The fraction of sp³-hybridized carbons (Fsp3) is 0.458. The highest BCUT2D eigenvalue weighted by molar-refractivity contribution is 5.69. The summed E-state index contributed by atoms with van der Waals surface area (Å²) in [6.45, 7) is 4.23. The van der Waals surface area contributed by atoms with Crippen LogP contribution in [-0.4, -0.2) is 67.4 Å². The van der Waals surface area contributed by atoms with E-state index in [0.29, 0.717) is 22.8 Å². The smallest absolute Gasteiger partial charge is 0.161 e. The first kappa shape index (κ1) is 21.8. The van der Waals surface area contributed by atoms with Crippen molar-refractivity contribution in [2.24, 2.45) is 0 Å². The third-order valence-corrected chi connectivity index (χ3v) is 7.91. The zero-order valence-electron chi connectivity index (χ0n) is 19.2. The first-order valence-electron chi connectivity index (χ1n) is 11.1. The molecule has 0 unspecified atom stereocenters. The van der Waals surface area contributed by atoms with Gasteiger partial charge in [0.2, 0.25) is 0 Å².